The first-order valence-electron chi connectivity index (χ1n) is 10.7. The smallest absolute Gasteiger partial charge is 0.274 e. The lowest BCUT2D eigenvalue weighted by molar-refractivity contribution is 0.0569. The van der Waals surface area contributed by atoms with Crippen LogP contribution in [0.2, 0.25) is 0 Å². The number of rotatable bonds is 7. The van der Waals surface area contributed by atoms with E-state index in [-0.39, 0.29) is 11.9 Å². The minimum Gasteiger partial charge on any atom is -0.463 e. The third kappa shape index (κ3) is 4.44. The number of amides is 1. The Kier molecular flexibility index (Phi) is 6.13. The third-order valence-electron chi connectivity index (χ3n) is 5.97. The fourth-order valence-corrected chi connectivity index (χ4v) is 4.39. The van der Waals surface area contributed by atoms with E-state index in [4.69, 9.17) is 4.42 Å². The zero-order valence-electron chi connectivity index (χ0n) is 17.0. The van der Waals surface area contributed by atoms with Crippen molar-refractivity contribution in [2.75, 3.05) is 6.54 Å². The lowest BCUT2D eigenvalue weighted by Crippen LogP contribution is -2.45. The maximum atomic E-state index is 13.3. The van der Waals surface area contributed by atoms with Gasteiger partial charge >= 0.3 is 0 Å². The number of nitrogens with one attached hydrogen (secondary N) is 1. The quantitative estimate of drug-likeness (QED) is 0.530. The van der Waals surface area contributed by atoms with Crippen LogP contribution < -0.4 is 0 Å². The molecule has 1 aliphatic rings. The molecule has 0 aliphatic carbocycles. The fourth-order valence-electron chi connectivity index (χ4n) is 4.39. The highest BCUT2D eigenvalue weighted by atomic mass is 16.3. The normalized spacial score (nSPS) is 19.4. The predicted octanol–water partition coefficient (Wildman–Crippen LogP) is 5.64. The van der Waals surface area contributed by atoms with E-state index >= 15 is 0 Å². The molecule has 0 radical (unpaired) electrons. The van der Waals surface area contributed by atoms with E-state index in [2.05, 4.69) is 52.4 Å². The van der Waals surface area contributed by atoms with Crippen LogP contribution in [0.15, 0.2) is 59.2 Å². The Morgan fingerprint density at radius 1 is 1.21 bits per heavy atom. The molecule has 0 bridgehead atoms. The Morgan fingerprint density at radius 3 is 2.83 bits per heavy atom. The number of carbonyl (C=O) groups is 1. The molecule has 1 amide bonds. The van der Waals surface area contributed by atoms with E-state index in [0.717, 1.165) is 37.9 Å². The average Bonchev–Trinajstić information content (AvgIpc) is 3.46. The van der Waals surface area contributed by atoms with Crippen LogP contribution in [0.25, 0.3) is 11.5 Å². The summed E-state index contributed by atoms with van der Waals surface area (Å²) in [6.45, 7) is 2.99. The van der Waals surface area contributed by atoms with Gasteiger partial charge in [-0.05, 0) is 42.9 Å². The van der Waals surface area contributed by atoms with E-state index in [1.165, 1.54) is 18.4 Å². The number of piperidine rings is 1. The largest absolute Gasteiger partial charge is 0.463 e. The number of aromatic amines is 1. The second-order valence-electron chi connectivity index (χ2n) is 7.92. The molecule has 1 aliphatic heterocycles. The molecule has 5 nitrogen and oxygen atoms in total. The van der Waals surface area contributed by atoms with Crippen molar-refractivity contribution in [2.24, 2.45) is 0 Å². The molecule has 1 aromatic carbocycles. The van der Waals surface area contributed by atoms with Crippen molar-refractivity contribution < 1.29 is 9.21 Å². The molecule has 152 valence electrons. The Hall–Kier alpha value is -2.82. The van der Waals surface area contributed by atoms with Crippen molar-refractivity contribution in [1.29, 1.82) is 0 Å². The van der Waals surface area contributed by atoms with Gasteiger partial charge in [0.1, 0.15) is 5.69 Å². The number of nitrogens with zero attached hydrogens (tertiary/aromatic N) is 2. The number of H-pyrrole nitrogens is 1. The molecule has 2 atom stereocenters. The molecule has 0 saturated carbocycles. The van der Waals surface area contributed by atoms with Gasteiger partial charge in [-0.25, -0.2) is 0 Å². The Morgan fingerprint density at radius 2 is 2.07 bits per heavy atom. The van der Waals surface area contributed by atoms with Crippen LogP contribution in [0.5, 0.6) is 0 Å². The summed E-state index contributed by atoms with van der Waals surface area (Å²) in [6.07, 6.45) is 8.25. The molecule has 29 heavy (non-hydrogen) atoms. The number of likely N-dealkylation sites (tertiary alicyclic amines) is 1. The molecular formula is C24H29N3O2. The average molecular weight is 392 g/mol. The minimum absolute atomic E-state index is 0.0204. The van der Waals surface area contributed by atoms with E-state index in [0.29, 0.717) is 17.4 Å². The topological polar surface area (TPSA) is 62.1 Å². The summed E-state index contributed by atoms with van der Waals surface area (Å²) in [5, 5.41) is 7.22. The highest BCUT2D eigenvalue weighted by molar-refractivity contribution is 5.93. The number of furan rings is 1. The standard InChI is InChI=1S/C24H29N3O2/c1-2-3-5-11-20-16-19(18-9-6-4-7-10-18)13-14-27(20)24(28)22-17-21(25-26-22)23-12-8-15-29-23/h4,6-10,12,15,17,19-20H,2-3,5,11,13-14,16H2,1H3,(H,25,26)/t19-,20+/m0/s1. The first-order chi connectivity index (χ1) is 14.3. The monoisotopic (exact) mass is 391 g/mol. The molecule has 0 spiro atoms. The van der Waals surface area contributed by atoms with Crippen LogP contribution in [0.1, 0.15) is 67.4 Å². The van der Waals surface area contributed by atoms with Crippen LogP contribution in [0.4, 0.5) is 0 Å². The van der Waals surface area contributed by atoms with Gasteiger partial charge in [-0.2, -0.15) is 5.10 Å². The van der Waals surface area contributed by atoms with Crippen molar-refractivity contribution in [2.45, 2.75) is 57.4 Å². The molecule has 4 rings (SSSR count). The number of unbranched alkanes of at least 4 members (excludes halogenated alkanes) is 2. The van der Waals surface area contributed by atoms with Gasteiger partial charge in [0.2, 0.25) is 0 Å². The van der Waals surface area contributed by atoms with Crippen molar-refractivity contribution in [3.05, 3.63) is 66.1 Å². The number of hydrogen-bond donors (Lipinski definition) is 1. The summed E-state index contributed by atoms with van der Waals surface area (Å²) < 4.78 is 5.41. The summed E-state index contributed by atoms with van der Waals surface area (Å²) in [5.74, 6) is 1.23. The van der Waals surface area contributed by atoms with Crippen LogP contribution in [0, 0.1) is 0 Å². The zero-order valence-corrected chi connectivity index (χ0v) is 17.0. The molecule has 2 aromatic heterocycles. The number of benzene rings is 1. The molecule has 5 heteroatoms. The second-order valence-corrected chi connectivity index (χ2v) is 7.92. The van der Waals surface area contributed by atoms with Crippen LogP contribution >= 0.6 is 0 Å². The van der Waals surface area contributed by atoms with E-state index in [1.807, 2.05) is 12.1 Å². The second kappa shape index (κ2) is 9.12. The summed E-state index contributed by atoms with van der Waals surface area (Å²) in [5.41, 5.74) is 2.59. The van der Waals surface area contributed by atoms with Crippen LogP contribution in [-0.4, -0.2) is 33.6 Å². The molecular weight excluding hydrogens is 362 g/mol. The van der Waals surface area contributed by atoms with Crippen molar-refractivity contribution >= 4 is 5.91 Å². The maximum absolute atomic E-state index is 13.3. The van der Waals surface area contributed by atoms with Gasteiger partial charge in [0, 0.05) is 18.7 Å². The van der Waals surface area contributed by atoms with Gasteiger partial charge in [-0.15, -0.1) is 0 Å². The van der Waals surface area contributed by atoms with Gasteiger partial charge in [0.25, 0.3) is 5.91 Å². The molecule has 1 saturated heterocycles. The van der Waals surface area contributed by atoms with Gasteiger partial charge in [0.15, 0.2) is 11.5 Å². The summed E-state index contributed by atoms with van der Waals surface area (Å²) in [7, 11) is 0. The Labute approximate surface area is 172 Å². The van der Waals surface area contributed by atoms with Gasteiger partial charge < -0.3 is 9.32 Å². The lowest BCUT2D eigenvalue weighted by Gasteiger charge is -2.39. The zero-order chi connectivity index (χ0) is 20.1. The summed E-state index contributed by atoms with van der Waals surface area (Å²) >= 11 is 0. The fraction of sp³-hybridized carbons (Fsp3) is 0.417. The van der Waals surface area contributed by atoms with Gasteiger partial charge in [0.05, 0.1) is 6.26 Å². The van der Waals surface area contributed by atoms with Gasteiger partial charge in [-0.1, -0.05) is 56.5 Å². The molecule has 0 unspecified atom stereocenters. The minimum atomic E-state index is 0.0204. The van der Waals surface area contributed by atoms with Crippen LogP contribution in [0.3, 0.4) is 0 Å². The summed E-state index contributed by atoms with van der Waals surface area (Å²) in [6, 6.07) is 16.5. The van der Waals surface area contributed by atoms with E-state index < -0.39 is 0 Å². The van der Waals surface area contributed by atoms with Crippen LogP contribution in [-0.2, 0) is 0 Å². The number of hydrogen-bond acceptors (Lipinski definition) is 3. The first-order valence-corrected chi connectivity index (χ1v) is 10.7. The highest BCUT2D eigenvalue weighted by Gasteiger charge is 2.33. The molecule has 1 N–H and O–H groups in total. The lowest BCUT2D eigenvalue weighted by atomic mass is 9.83. The summed E-state index contributed by atoms with van der Waals surface area (Å²) in [4.78, 5) is 15.3. The van der Waals surface area contributed by atoms with Crippen molar-refractivity contribution in [3.63, 3.8) is 0 Å². The Bertz CT molecular complexity index is 901. The number of aromatic nitrogens is 2. The molecule has 1 fully saturated rings. The first kappa shape index (κ1) is 19.5. The number of carbonyl (C=O) groups excluding carboxylic acids is 1. The highest BCUT2D eigenvalue weighted by Crippen LogP contribution is 2.34. The molecule has 3 heterocycles. The predicted molar refractivity (Wildman–Crippen MR) is 114 cm³/mol. The molecule has 3 aromatic rings. The Balaban J connectivity index is 1.50. The maximum Gasteiger partial charge on any atom is 0.274 e. The van der Waals surface area contributed by atoms with E-state index in [9.17, 15) is 4.79 Å². The van der Waals surface area contributed by atoms with Gasteiger partial charge in [-0.3, -0.25) is 9.89 Å². The van der Waals surface area contributed by atoms with E-state index in [1.54, 1.807) is 12.3 Å². The third-order valence-corrected chi connectivity index (χ3v) is 5.97. The van der Waals surface area contributed by atoms with Crippen molar-refractivity contribution in [3.8, 4) is 11.5 Å². The van der Waals surface area contributed by atoms with Crippen molar-refractivity contribution in [1.82, 2.24) is 15.1 Å². The SMILES string of the molecule is CCCCC[C@@H]1C[C@@H](c2ccccc2)CCN1C(=O)c1cc(-c2ccco2)[nH]n1.